The summed E-state index contributed by atoms with van der Waals surface area (Å²) in [5, 5.41) is 3.87. The maximum absolute atomic E-state index is 12.1. The van der Waals surface area contributed by atoms with E-state index in [1.165, 1.54) is 0 Å². The minimum atomic E-state index is -0.178. The monoisotopic (exact) mass is 312 g/mol. The average molecular weight is 313 g/mol. The Hall–Kier alpha value is -1.03. The van der Waals surface area contributed by atoms with Crippen molar-refractivity contribution in [2.24, 2.45) is 0 Å². The van der Waals surface area contributed by atoms with Crippen LogP contribution in [0.4, 0.5) is 0 Å². The normalized spacial score (nSPS) is 19.0. The molecule has 1 atom stereocenters. The molecule has 0 bridgehead atoms. The molecule has 1 amide bonds. The van der Waals surface area contributed by atoms with Gasteiger partial charge in [-0.05, 0) is 37.6 Å². The summed E-state index contributed by atoms with van der Waals surface area (Å²) in [7, 11) is 0. The molecule has 0 spiro atoms. The molecule has 3 nitrogen and oxygen atoms in total. The summed E-state index contributed by atoms with van der Waals surface area (Å²) in [6.07, 6.45) is 4.15. The van der Waals surface area contributed by atoms with Crippen LogP contribution >= 0.6 is 23.2 Å². The van der Waals surface area contributed by atoms with Gasteiger partial charge in [-0.2, -0.15) is 0 Å². The highest BCUT2D eigenvalue weighted by atomic mass is 35.5. The molecule has 1 aromatic carbocycles. The van der Waals surface area contributed by atoms with E-state index < -0.39 is 0 Å². The predicted molar refractivity (Wildman–Crippen MR) is 83.6 cm³/mol. The van der Waals surface area contributed by atoms with Gasteiger partial charge >= 0.3 is 0 Å². The number of rotatable bonds is 5. The van der Waals surface area contributed by atoms with Gasteiger partial charge < -0.3 is 5.32 Å². The van der Waals surface area contributed by atoms with Gasteiger partial charge in [0.1, 0.15) is 0 Å². The van der Waals surface area contributed by atoms with E-state index in [0.717, 1.165) is 25.9 Å². The van der Waals surface area contributed by atoms with Crippen LogP contribution in [-0.4, -0.2) is 36.5 Å². The zero-order valence-electron chi connectivity index (χ0n) is 11.2. The maximum Gasteiger partial charge on any atom is 0.252 e. The van der Waals surface area contributed by atoms with Crippen LogP contribution in [0.2, 0.25) is 10.0 Å². The Labute approximate surface area is 129 Å². The smallest absolute Gasteiger partial charge is 0.252 e. The first kappa shape index (κ1) is 15.4. The van der Waals surface area contributed by atoms with Gasteiger partial charge in [0.2, 0.25) is 0 Å². The third-order valence-corrected chi connectivity index (χ3v) is 4.10. The molecule has 1 heterocycles. The third-order valence-electron chi connectivity index (χ3n) is 3.53. The van der Waals surface area contributed by atoms with Crippen LogP contribution in [0.25, 0.3) is 0 Å². The van der Waals surface area contributed by atoms with E-state index in [-0.39, 0.29) is 5.91 Å². The molecule has 20 heavy (non-hydrogen) atoms. The first-order chi connectivity index (χ1) is 9.61. The summed E-state index contributed by atoms with van der Waals surface area (Å²) < 4.78 is 0. The average Bonchev–Trinajstić information content (AvgIpc) is 2.87. The summed E-state index contributed by atoms with van der Waals surface area (Å²) in [4.78, 5) is 14.5. The van der Waals surface area contributed by atoms with Crippen molar-refractivity contribution in [2.75, 3.05) is 19.6 Å². The zero-order chi connectivity index (χ0) is 14.5. The highest BCUT2D eigenvalue weighted by Gasteiger charge is 2.24. The van der Waals surface area contributed by atoms with Gasteiger partial charge in [-0.1, -0.05) is 29.3 Å². The van der Waals surface area contributed by atoms with E-state index in [1.54, 1.807) is 18.2 Å². The van der Waals surface area contributed by atoms with Crippen molar-refractivity contribution in [1.82, 2.24) is 10.2 Å². The Morgan fingerprint density at radius 2 is 2.30 bits per heavy atom. The van der Waals surface area contributed by atoms with E-state index >= 15 is 0 Å². The Kier molecular flexibility index (Phi) is 5.46. The Morgan fingerprint density at radius 1 is 1.50 bits per heavy atom. The number of nitrogens with zero attached hydrogens (tertiary/aromatic N) is 1. The summed E-state index contributed by atoms with van der Waals surface area (Å²) in [6.45, 7) is 6.30. The molecular formula is C15H18Cl2N2O. The first-order valence-electron chi connectivity index (χ1n) is 6.70. The largest absolute Gasteiger partial charge is 0.350 e. The lowest BCUT2D eigenvalue weighted by atomic mass is 10.2. The third kappa shape index (κ3) is 3.75. The lowest BCUT2D eigenvalue weighted by Gasteiger charge is -2.23. The fourth-order valence-corrected chi connectivity index (χ4v) is 2.89. The van der Waals surface area contributed by atoms with E-state index in [1.807, 2.05) is 6.08 Å². The van der Waals surface area contributed by atoms with Gasteiger partial charge in [0.25, 0.3) is 5.91 Å². The van der Waals surface area contributed by atoms with Crippen molar-refractivity contribution in [3.05, 3.63) is 46.5 Å². The number of amides is 1. The van der Waals surface area contributed by atoms with Crippen molar-refractivity contribution in [3.63, 3.8) is 0 Å². The van der Waals surface area contributed by atoms with E-state index in [2.05, 4.69) is 16.8 Å². The molecule has 0 saturated carbocycles. The quantitative estimate of drug-likeness (QED) is 0.845. The van der Waals surface area contributed by atoms with Crippen molar-refractivity contribution in [3.8, 4) is 0 Å². The zero-order valence-corrected chi connectivity index (χ0v) is 12.8. The molecule has 1 N–H and O–H groups in total. The standard InChI is InChI=1S/C15H18Cl2N2O/c1-2-7-19-8-3-4-12(19)10-18-15(20)13-9-11(16)5-6-14(13)17/h2,5-6,9,12H,1,3-4,7-8,10H2,(H,18,20). The molecule has 5 heteroatoms. The molecule has 1 aliphatic rings. The van der Waals surface area contributed by atoms with Gasteiger partial charge in [0.15, 0.2) is 0 Å². The number of carbonyl (C=O) groups is 1. The molecule has 108 valence electrons. The highest BCUT2D eigenvalue weighted by molar-refractivity contribution is 6.35. The minimum Gasteiger partial charge on any atom is -0.350 e. The SMILES string of the molecule is C=CCN1CCCC1CNC(=O)c1cc(Cl)ccc1Cl. The summed E-state index contributed by atoms with van der Waals surface area (Å²) in [5.41, 5.74) is 0.424. The van der Waals surface area contributed by atoms with Crippen LogP contribution in [0.3, 0.4) is 0 Å². The molecular weight excluding hydrogens is 295 g/mol. The Morgan fingerprint density at radius 3 is 3.05 bits per heavy atom. The molecule has 2 rings (SSSR count). The van der Waals surface area contributed by atoms with Gasteiger partial charge in [-0.3, -0.25) is 9.69 Å². The second-order valence-corrected chi connectivity index (χ2v) is 5.76. The van der Waals surface area contributed by atoms with Crippen LogP contribution in [0.15, 0.2) is 30.9 Å². The Bertz CT molecular complexity index is 505. The molecule has 1 saturated heterocycles. The number of hydrogen-bond donors (Lipinski definition) is 1. The van der Waals surface area contributed by atoms with E-state index in [9.17, 15) is 4.79 Å². The van der Waals surface area contributed by atoms with Gasteiger partial charge in [0.05, 0.1) is 10.6 Å². The second-order valence-electron chi connectivity index (χ2n) is 4.91. The molecule has 0 aromatic heterocycles. The number of nitrogens with one attached hydrogen (secondary N) is 1. The van der Waals surface area contributed by atoms with Gasteiger partial charge in [-0.15, -0.1) is 6.58 Å². The number of halogens is 2. The minimum absolute atomic E-state index is 0.178. The second kappa shape index (κ2) is 7.11. The van der Waals surface area contributed by atoms with Crippen molar-refractivity contribution < 1.29 is 4.79 Å². The molecule has 1 fully saturated rings. The first-order valence-corrected chi connectivity index (χ1v) is 7.45. The summed E-state index contributed by atoms with van der Waals surface area (Å²) in [5.74, 6) is -0.178. The van der Waals surface area contributed by atoms with Crippen LogP contribution in [0, 0.1) is 0 Å². The van der Waals surface area contributed by atoms with Crippen LogP contribution in [0.1, 0.15) is 23.2 Å². The fourth-order valence-electron chi connectivity index (χ4n) is 2.51. The lowest BCUT2D eigenvalue weighted by Crippen LogP contribution is -2.40. The molecule has 1 aromatic rings. The van der Waals surface area contributed by atoms with Crippen LogP contribution < -0.4 is 5.32 Å². The molecule has 0 aliphatic carbocycles. The van der Waals surface area contributed by atoms with E-state index in [0.29, 0.717) is 28.2 Å². The summed E-state index contributed by atoms with van der Waals surface area (Å²) >= 11 is 11.9. The van der Waals surface area contributed by atoms with Crippen molar-refractivity contribution in [2.45, 2.75) is 18.9 Å². The number of benzene rings is 1. The maximum atomic E-state index is 12.1. The topological polar surface area (TPSA) is 32.3 Å². The molecule has 0 radical (unpaired) electrons. The number of carbonyl (C=O) groups excluding carboxylic acids is 1. The number of likely N-dealkylation sites (tertiary alicyclic amines) is 1. The van der Waals surface area contributed by atoms with Crippen molar-refractivity contribution in [1.29, 1.82) is 0 Å². The van der Waals surface area contributed by atoms with Crippen LogP contribution in [-0.2, 0) is 0 Å². The van der Waals surface area contributed by atoms with Gasteiger partial charge in [-0.25, -0.2) is 0 Å². The molecule has 1 unspecified atom stereocenters. The highest BCUT2D eigenvalue weighted by Crippen LogP contribution is 2.21. The van der Waals surface area contributed by atoms with Gasteiger partial charge in [0, 0.05) is 24.2 Å². The molecule has 1 aliphatic heterocycles. The lowest BCUT2D eigenvalue weighted by molar-refractivity contribution is 0.0942. The Balaban J connectivity index is 1.95. The van der Waals surface area contributed by atoms with Crippen molar-refractivity contribution >= 4 is 29.1 Å². The van der Waals surface area contributed by atoms with Crippen LogP contribution in [0.5, 0.6) is 0 Å². The van der Waals surface area contributed by atoms with E-state index in [4.69, 9.17) is 23.2 Å². The predicted octanol–water partition coefficient (Wildman–Crippen LogP) is 3.37. The summed E-state index contributed by atoms with van der Waals surface area (Å²) in [6, 6.07) is 5.27. The number of hydrogen-bond acceptors (Lipinski definition) is 2. The fraction of sp³-hybridized carbons (Fsp3) is 0.400.